The van der Waals surface area contributed by atoms with E-state index in [1.54, 1.807) is 0 Å². The van der Waals surface area contributed by atoms with Crippen LogP contribution in [-0.4, -0.2) is 22.9 Å². The van der Waals surface area contributed by atoms with Crippen LogP contribution in [0.3, 0.4) is 0 Å². The molecule has 0 saturated heterocycles. The number of rotatable bonds is 5. The van der Waals surface area contributed by atoms with Gasteiger partial charge in [-0.25, -0.2) is 0 Å². The number of ether oxygens (including phenoxy) is 1. The second-order valence-electron chi connectivity index (χ2n) is 4.52. The van der Waals surface area contributed by atoms with Crippen molar-refractivity contribution in [2.75, 3.05) is 12.4 Å². The molecule has 1 amide bonds. The minimum absolute atomic E-state index is 0.0456. The third-order valence-corrected chi connectivity index (χ3v) is 3.34. The molecule has 24 heavy (non-hydrogen) atoms. The maximum absolute atomic E-state index is 12.2. The first kappa shape index (κ1) is 17.2. The Morgan fingerprint density at radius 1 is 1.08 bits per heavy atom. The van der Waals surface area contributed by atoms with E-state index in [1.807, 2.05) is 0 Å². The molecule has 0 saturated carbocycles. The van der Waals surface area contributed by atoms with Crippen molar-refractivity contribution in [2.45, 2.75) is 0 Å². The second kappa shape index (κ2) is 6.92. The molecular formula is C14H10ClN3O6. The monoisotopic (exact) mass is 351 g/mol. The van der Waals surface area contributed by atoms with Gasteiger partial charge < -0.3 is 10.1 Å². The first-order chi connectivity index (χ1) is 11.3. The Kier molecular flexibility index (Phi) is 4.95. The summed E-state index contributed by atoms with van der Waals surface area (Å²) in [6, 6.07) is 7.40. The Hall–Kier alpha value is -3.20. The predicted octanol–water partition coefficient (Wildman–Crippen LogP) is 3.42. The first-order valence-electron chi connectivity index (χ1n) is 6.41. The predicted molar refractivity (Wildman–Crippen MR) is 85.7 cm³/mol. The van der Waals surface area contributed by atoms with Crippen molar-refractivity contribution in [1.82, 2.24) is 0 Å². The van der Waals surface area contributed by atoms with Gasteiger partial charge in [0.05, 0.1) is 22.0 Å². The SMILES string of the molecule is COc1ccc(C(=O)Nc2ccc([N+](=O)[O-])c([N+](=O)[O-])c2)cc1Cl. The van der Waals surface area contributed by atoms with Crippen LogP contribution in [0.4, 0.5) is 17.1 Å². The summed E-state index contributed by atoms with van der Waals surface area (Å²) >= 11 is 5.93. The van der Waals surface area contributed by atoms with Crippen LogP contribution in [0.5, 0.6) is 5.75 Å². The molecule has 124 valence electrons. The van der Waals surface area contributed by atoms with E-state index < -0.39 is 27.1 Å². The van der Waals surface area contributed by atoms with Crippen LogP contribution in [0.25, 0.3) is 0 Å². The standard InChI is InChI=1S/C14H10ClN3O6/c1-24-13-5-2-8(6-10(13)15)14(19)16-9-3-4-11(17(20)21)12(7-9)18(22)23/h2-7H,1H3,(H,16,19). The van der Waals surface area contributed by atoms with Crippen LogP contribution < -0.4 is 10.1 Å². The Morgan fingerprint density at radius 3 is 2.29 bits per heavy atom. The number of amides is 1. The largest absolute Gasteiger partial charge is 0.495 e. The molecule has 0 fully saturated rings. The summed E-state index contributed by atoms with van der Waals surface area (Å²) in [6.45, 7) is 0. The van der Waals surface area contributed by atoms with E-state index in [-0.39, 0.29) is 16.3 Å². The number of nitrogens with zero attached hydrogens (tertiary/aromatic N) is 2. The lowest BCUT2D eigenvalue weighted by atomic mass is 10.2. The maximum atomic E-state index is 12.2. The Labute approximate surface area is 140 Å². The number of anilines is 1. The molecule has 0 radical (unpaired) electrons. The van der Waals surface area contributed by atoms with Crippen molar-refractivity contribution in [1.29, 1.82) is 0 Å². The van der Waals surface area contributed by atoms with Crippen molar-refractivity contribution >= 4 is 34.6 Å². The molecule has 0 atom stereocenters. The molecule has 2 aromatic rings. The zero-order valence-corrected chi connectivity index (χ0v) is 12.9. The lowest BCUT2D eigenvalue weighted by Crippen LogP contribution is -2.12. The molecule has 9 nitrogen and oxygen atoms in total. The number of hydrogen-bond donors (Lipinski definition) is 1. The quantitative estimate of drug-likeness (QED) is 0.650. The van der Waals surface area contributed by atoms with Crippen molar-refractivity contribution in [2.24, 2.45) is 0 Å². The van der Waals surface area contributed by atoms with Crippen LogP contribution >= 0.6 is 11.6 Å². The fourth-order valence-electron chi connectivity index (χ4n) is 1.91. The van der Waals surface area contributed by atoms with Gasteiger partial charge in [-0.15, -0.1) is 0 Å². The van der Waals surface area contributed by atoms with E-state index in [0.29, 0.717) is 5.75 Å². The summed E-state index contributed by atoms with van der Waals surface area (Å²) in [7, 11) is 1.43. The fraction of sp³-hybridized carbons (Fsp3) is 0.0714. The molecule has 0 unspecified atom stereocenters. The molecule has 0 spiro atoms. The van der Waals surface area contributed by atoms with Gasteiger partial charge in [-0.2, -0.15) is 0 Å². The van der Waals surface area contributed by atoms with Gasteiger partial charge >= 0.3 is 11.4 Å². The highest BCUT2D eigenvalue weighted by Crippen LogP contribution is 2.30. The minimum atomic E-state index is -0.891. The number of carbonyl (C=O) groups excluding carboxylic acids is 1. The topological polar surface area (TPSA) is 125 Å². The number of benzene rings is 2. The first-order valence-corrected chi connectivity index (χ1v) is 6.79. The molecule has 1 N–H and O–H groups in total. The van der Waals surface area contributed by atoms with Gasteiger partial charge in [0.2, 0.25) is 0 Å². The third kappa shape index (κ3) is 3.58. The van der Waals surface area contributed by atoms with E-state index in [1.165, 1.54) is 31.4 Å². The van der Waals surface area contributed by atoms with Crippen LogP contribution in [-0.2, 0) is 0 Å². The van der Waals surface area contributed by atoms with Gasteiger partial charge in [0.15, 0.2) is 0 Å². The Bertz CT molecular complexity index is 839. The highest BCUT2D eigenvalue weighted by Gasteiger charge is 2.24. The van der Waals surface area contributed by atoms with Crippen molar-refractivity contribution in [3.63, 3.8) is 0 Å². The van der Waals surface area contributed by atoms with E-state index in [2.05, 4.69) is 5.32 Å². The number of nitrogens with one attached hydrogen (secondary N) is 1. The zero-order valence-electron chi connectivity index (χ0n) is 12.2. The lowest BCUT2D eigenvalue weighted by Gasteiger charge is -2.07. The summed E-state index contributed by atoms with van der Waals surface area (Å²) in [5.41, 5.74) is -1.14. The van der Waals surface area contributed by atoms with E-state index in [0.717, 1.165) is 12.1 Å². The molecular weight excluding hydrogens is 342 g/mol. The third-order valence-electron chi connectivity index (χ3n) is 3.04. The van der Waals surface area contributed by atoms with Gasteiger partial charge in [0.1, 0.15) is 5.75 Å². The number of hydrogen-bond acceptors (Lipinski definition) is 6. The fourth-order valence-corrected chi connectivity index (χ4v) is 2.17. The van der Waals surface area contributed by atoms with Gasteiger partial charge in [0, 0.05) is 23.4 Å². The van der Waals surface area contributed by atoms with E-state index in [4.69, 9.17) is 16.3 Å². The van der Waals surface area contributed by atoms with Gasteiger partial charge in [-0.05, 0) is 24.3 Å². The molecule has 0 aliphatic carbocycles. The Balaban J connectivity index is 2.29. The average molecular weight is 352 g/mol. The average Bonchev–Trinajstić information content (AvgIpc) is 2.54. The molecule has 0 aliphatic heterocycles. The van der Waals surface area contributed by atoms with E-state index in [9.17, 15) is 25.0 Å². The zero-order chi connectivity index (χ0) is 17.9. The smallest absolute Gasteiger partial charge is 0.348 e. The number of nitro groups is 2. The van der Waals surface area contributed by atoms with Crippen LogP contribution in [0.15, 0.2) is 36.4 Å². The van der Waals surface area contributed by atoms with Crippen LogP contribution in [0.1, 0.15) is 10.4 Å². The molecule has 0 bridgehead atoms. The van der Waals surface area contributed by atoms with E-state index >= 15 is 0 Å². The van der Waals surface area contributed by atoms with Gasteiger partial charge in [0.25, 0.3) is 5.91 Å². The summed E-state index contributed by atoms with van der Waals surface area (Å²) in [6.07, 6.45) is 0. The molecule has 0 heterocycles. The molecule has 0 aromatic heterocycles. The van der Waals surface area contributed by atoms with Gasteiger partial charge in [-0.3, -0.25) is 25.0 Å². The molecule has 2 rings (SSSR count). The number of methoxy groups -OCH3 is 1. The van der Waals surface area contributed by atoms with Gasteiger partial charge in [-0.1, -0.05) is 11.6 Å². The Morgan fingerprint density at radius 2 is 1.75 bits per heavy atom. The summed E-state index contributed by atoms with van der Waals surface area (Å²) in [5, 5.41) is 24.3. The summed E-state index contributed by atoms with van der Waals surface area (Å²) in [5.74, 6) is -0.193. The lowest BCUT2D eigenvalue weighted by molar-refractivity contribution is -0.422. The number of halogens is 1. The number of nitro benzene ring substituents is 2. The molecule has 2 aromatic carbocycles. The number of carbonyl (C=O) groups is 1. The minimum Gasteiger partial charge on any atom is -0.495 e. The molecule has 10 heteroatoms. The molecule has 0 aliphatic rings. The summed E-state index contributed by atoms with van der Waals surface area (Å²) in [4.78, 5) is 32.1. The maximum Gasteiger partial charge on any atom is 0.348 e. The van der Waals surface area contributed by atoms with Crippen molar-refractivity contribution in [3.05, 3.63) is 67.2 Å². The normalized spacial score (nSPS) is 10.1. The van der Waals surface area contributed by atoms with Crippen LogP contribution in [0, 0.1) is 20.2 Å². The van der Waals surface area contributed by atoms with Crippen molar-refractivity contribution in [3.8, 4) is 5.75 Å². The van der Waals surface area contributed by atoms with Crippen molar-refractivity contribution < 1.29 is 19.4 Å². The summed E-state index contributed by atoms with van der Waals surface area (Å²) < 4.78 is 4.97. The highest BCUT2D eigenvalue weighted by molar-refractivity contribution is 6.32. The second-order valence-corrected chi connectivity index (χ2v) is 4.93. The van der Waals surface area contributed by atoms with Crippen LogP contribution in [0.2, 0.25) is 5.02 Å². The highest BCUT2D eigenvalue weighted by atomic mass is 35.5.